The van der Waals surface area contributed by atoms with Crippen LogP contribution in [0, 0.1) is 12.3 Å². The summed E-state index contributed by atoms with van der Waals surface area (Å²) in [5.74, 6) is -1.81. The molecule has 1 aliphatic rings. The minimum Gasteiger partial charge on any atom is -0.481 e. The summed E-state index contributed by atoms with van der Waals surface area (Å²) in [6.07, 6.45) is 0. The molecule has 1 fully saturated rings. The van der Waals surface area contributed by atoms with Crippen LogP contribution in [0.5, 0.6) is 0 Å². The molecule has 0 heterocycles. The van der Waals surface area contributed by atoms with Crippen LogP contribution in [0.1, 0.15) is 17.0 Å². The fourth-order valence-electron chi connectivity index (χ4n) is 3.45. The molecule has 0 aromatic heterocycles. The quantitative estimate of drug-likeness (QED) is 0.863. The summed E-state index contributed by atoms with van der Waals surface area (Å²) in [4.78, 5) is 12.0. The van der Waals surface area contributed by atoms with Gasteiger partial charge in [0.15, 0.2) is 9.84 Å². The lowest BCUT2D eigenvalue weighted by atomic mass is 9.99. The normalized spacial score (nSPS) is 26.1. The zero-order valence-corrected chi connectivity index (χ0v) is 14.0. The number of carboxylic acid groups (broad SMARTS) is 1. The van der Waals surface area contributed by atoms with E-state index < -0.39 is 32.4 Å². The van der Waals surface area contributed by atoms with Crippen molar-refractivity contribution in [3.05, 3.63) is 65.7 Å². The van der Waals surface area contributed by atoms with Gasteiger partial charge in [-0.1, -0.05) is 48.0 Å². The van der Waals surface area contributed by atoms with Crippen LogP contribution in [0.2, 0.25) is 0 Å². The molecular weight excluding hydrogens is 326 g/mol. The number of sulfone groups is 1. The van der Waals surface area contributed by atoms with Crippen LogP contribution in [0.3, 0.4) is 0 Å². The van der Waals surface area contributed by atoms with Crippen LogP contribution < -0.4 is 5.73 Å². The molecule has 126 valence electrons. The summed E-state index contributed by atoms with van der Waals surface area (Å²) >= 11 is 0. The molecule has 1 aliphatic carbocycles. The number of hydrogen-bond acceptors (Lipinski definition) is 4. The first kappa shape index (κ1) is 16.7. The third-order valence-corrected chi connectivity index (χ3v) is 7.13. The Labute approximate surface area is 141 Å². The highest BCUT2D eigenvalue weighted by Crippen LogP contribution is 2.63. The second-order valence-electron chi connectivity index (χ2n) is 6.22. The highest BCUT2D eigenvalue weighted by molar-refractivity contribution is 7.92. The van der Waals surface area contributed by atoms with Gasteiger partial charge in [-0.25, -0.2) is 8.42 Å². The van der Waals surface area contributed by atoms with Gasteiger partial charge in [0.05, 0.1) is 10.1 Å². The molecular formula is C18H19NO4S. The Morgan fingerprint density at radius 2 is 1.71 bits per heavy atom. The van der Waals surface area contributed by atoms with Crippen molar-refractivity contribution < 1.29 is 18.3 Å². The van der Waals surface area contributed by atoms with Crippen molar-refractivity contribution in [1.29, 1.82) is 0 Å². The SMILES string of the molecule is Cc1ccc([C@@H]2[C@H](S(=O)(=O)c3ccccc3)[C@@]2(CN)C(=O)O)cc1. The Kier molecular flexibility index (Phi) is 3.97. The van der Waals surface area contributed by atoms with Gasteiger partial charge in [0.2, 0.25) is 0 Å². The van der Waals surface area contributed by atoms with Crippen molar-refractivity contribution in [3.8, 4) is 0 Å². The third-order valence-electron chi connectivity index (χ3n) is 4.83. The standard InChI is InChI=1S/C18H19NO4S/c1-12-7-9-13(10-8-12)15-16(18(15,11-19)17(20)21)24(22,23)14-5-3-2-4-6-14/h2-10,15-16H,11,19H2,1H3,(H,20,21)/t15-,16+,18+/m1/s1. The molecule has 0 amide bonds. The lowest BCUT2D eigenvalue weighted by molar-refractivity contribution is -0.143. The Morgan fingerprint density at radius 1 is 1.12 bits per heavy atom. The maximum Gasteiger partial charge on any atom is 0.312 e. The average molecular weight is 345 g/mol. The van der Waals surface area contributed by atoms with Crippen molar-refractivity contribution in [1.82, 2.24) is 0 Å². The molecule has 1 saturated carbocycles. The van der Waals surface area contributed by atoms with Crippen LogP contribution in [0.4, 0.5) is 0 Å². The number of aryl methyl sites for hydroxylation is 1. The molecule has 3 N–H and O–H groups in total. The Hall–Kier alpha value is -2.18. The van der Waals surface area contributed by atoms with E-state index in [1.807, 2.05) is 19.1 Å². The summed E-state index contributed by atoms with van der Waals surface area (Å²) in [7, 11) is -3.80. The van der Waals surface area contributed by atoms with Crippen LogP contribution in [-0.2, 0) is 14.6 Å². The molecule has 24 heavy (non-hydrogen) atoms. The maximum atomic E-state index is 13.0. The van der Waals surface area contributed by atoms with Gasteiger partial charge in [0.25, 0.3) is 0 Å². The number of hydrogen-bond donors (Lipinski definition) is 2. The molecule has 3 atom stereocenters. The highest BCUT2D eigenvalue weighted by Gasteiger charge is 2.75. The topological polar surface area (TPSA) is 97.5 Å². The third kappa shape index (κ3) is 2.34. The van der Waals surface area contributed by atoms with E-state index in [0.717, 1.165) is 5.56 Å². The molecule has 0 saturated heterocycles. The second kappa shape index (κ2) is 5.72. The van der Waals surface area contributed by atoms with Gasteiger partial charge < -0.3 is 10.8 Å². The van der Waals surface area contributed by atoms with Crippen LogP contribution in [-0.4, -0.2) is 31.3 Å². The van der Waals surface area contributed by atoms with Crippen LogP contribution >= 0.6 is 0 Å². The summed E-state index contributed by atoms with van der Waals surface area (Å²) < 4.78 is 26.0. The van der Waals surface area contributed by atoms with E-state index in [2.05, 4.69) is 0 Å². The maximum absolute atomic E-state index is 13.0. The molecule has 6 heteroatoms. The van der Waals surface area contributed by atoms with Crippen molar-refractivity contribution >= 4 is 15.8 Å². The van der Waals surface area contributed by atoms with Crippen molar-refractivity contribution in [2.45, 2.75) is 23.0 Å². The molecule has 0 bridgehead atoms. The van der Waals surface area contributed by atoms with Gasteiger partial charge in [-0.05, 0) is 24.6 Å². The largest absolute Gasteiger partial charge is 0.481 e. The molecule has 5 nitrogen and oxygen atoms in total. The molecule has 0 unspecified atom stereocenters. The van der Waals surface area contributed by atoms with Gasteiger partial charge in [-0.2, -0.15) is 0 Å². The predicted octanol–water partition coefficient (Wildman–Crippen LogP) is 1.96. The zero-order valence-electron chi connectivity index (χ0n) is 13.2. The van der Waals surface area contributed by atoms with Crippen molar-refractivity contribution in [2.75, 3.05) is 6.54 Å². The summed E-state index contributed by atoms with van der Waals surface area (Å²) in [5, 5.41) is 8.67. The zero-order chi connectivity index (χ0) is 17.5. The van der Waals surface area contributed by atoms with E-state index in [1.165, 1.54) is 12.1 Å². The van der Waals surface area contributed by atoms with E-state index in [0.29, 0.717) is 5.56 Å². The molecule has 0 aliphatic heterocycles. The minimum atomic E-state index is -3.80. The second-order valence-corrected chi connectivity index (χ2v) is 8.29. The first-order chi connectivity index (χ1) is 11.4. The first-order valence-electron chi connectivity index (χ1n) is 7.64. The Bertz CT molecular complexity index is 862. The van der Waals surface area contributed by atoms with Gasteiger partial charge in [-0.15, -0.1) is 0 Å². The first-order valence-corrected chi connectivity index (χ1v) is 9.19. The monoisotopic (exact) mass is 345 g/mol. The van der Waals surface area contributed by atoms with Gasteiger partial charge in [-0.3, -0.25) is 4.79 Å². The Balaban J connectivity index is 2.11. The highest BCUT2D eigenvalue weighted by atomic mass is 32.2. The number of carbonyl (C=O) groups is 1. The lowest BCUT2D eigenvalue weighted by Crippen LogP contribution is -2.31. The minimum absolute atomic E-state index is 0.128. The van der Waals surface area contributed by atoms with E-state index >= 15 is 0 Å². The number of aliphatic carboxylic acids is 1. The average Bonchev–Trinajstić information content (AvgIpc) is 3.28. The fraction of sp³-hybridized carbons (Fsp3) is 0.278. The van der Waals surface area contributed by atoms with Crippen LogP contribution in [0.25, 0.3) is 0 Å². The molecule has 2 aromatic rings. The van der Waals surface area contributed by atoms with Crippen LogP contribution in [0.15, 0.2) is 59.5 Å². The molecule has 2 aromatic carbocycles. The van der Waals surface area contributed by atoms with Crippen molar-refractivity contribution in [3.63, 3.8) is 0 Å². The molecule has 0 radical (unpaired) electrons. The lowest BCUT2D eigenvalue weighted by Gasteiger charge is -2.10. The molecule has 3 rings (SSSR count). The number of nitrogens with two attached hydrogens (primary N) is 1. The number of rotatable bonds is 5. The number of benzene rings is 2. The fourth-order valence-corrected chi connectivity index (χ4v) is 5.86. The van der Waals surface area contributed by atoms with E-state index in [-0.39, 0.29) is 11.4 Å². The van der Waals surface area contributed by atoms with E-state index in [1.54, 1.807) is 30.3 Å². The number of carboxylic acids is 1. The van der Waals surface area contributed by atoms with E-state index in [9.17, 15) is 18.3 Å². The summed E-state index contributed by atoms with van der Waals surface area (Å²) in [6.45, 7) is 1.69. The summed E-state index contributed by atoms with van der Waals surface area (Å²) in [6, 6.07) is 15.2. The van der Waals surface area contributed by atoms with Gasteiger partial charge in [0.1, 0.15) is 5.41 Å². The van der Waals surface area contributed by atoms with Gasteiger partial charge in [0, 0.05) is 12.5 Å². The molecule has 0 spiro atoms. The van der Waals surface area contributed by atoms with E-state index in [4.69, 9.17) is 5.73 Å². The Morgan fingerprint density at radius 3 is 2.21 bits per heavy atom. The van der Waals surface area contributed by atoms with Crippen molar-refractivity contribution in [2.24, 2.45) is 11.1 Å². The van der Waals surface area contributed by atoms with Gasteiger partial charge >= 0.3 is 5.97 Å². The predicted molar refractivity (Wildman–Crippen MR) is 90.5 cm³/mol. The smallest absolute Gasteiger partial charge is 0.312 e. The summed E-state index contributed by atoms with van der Waals surface area (Å²) in [5.41, 5.74) is 5.98.